The molecule has 0 saturated heterocycles. The summed E-state index contributed by atoms with van der Waals surface area (Å²) in [5.41, 5.74) is 0.892. The number of esters is 2. The molecule has 0 N–H and O–H groups in total. The molecule has 0 radical (unpaired) electrons. The van der Waals surface area contributed by atoms with Gasteiger partial charge in [0.05, 0.1) is 24.3 Å². The molecule has 4 heteroatoms. The van der Waals surface area contributed by atoms with Crippen LogP contribution in [0.5, 0.6) is 0 Å². The van der Waals surface area contributed by atoms with Gasteiger partial charge < -0.3 is 9.47 Å². The van der Waals surface area contributed by atoms with E-state index in [0.29, 0.717) is 29.7 Å². The largest absolute Gasteiger partial charge is 0.462 e. The van der Waals surface area contributed by atoms with E-state index >= 15 is 0 Å². The van der Waals surface area contributed by atoms with Crippen molar-refractivity contribution in [3.63, 3.8) is 0 Å². The van der Waals surface area contributed by atoms with E-state index in [4.69, 9.17) is 9.47 Å². The summed E-state index contributed by atoms with van der Waals surface area (Å²) in [4.78, 5) is 26.2. The van der Waals surface area contributed by atoms with Gasteiger partial charge in [0.15, 0.2) is 0 Å². The second-order valence-corrected chi connectivity index (χ2v) is 14.9. The Kier molecular flexibility index (Phi) is 27.5. The van der Waals surface area contributed by atoms with Crippen LogP contribution < -0.4 is 0 Å². The highest BCUT2D eigenvalue weighted by molar-refractivity contribution is 6.13. The first-order valence-electron chi connectivity index (χ1n) is 21.5. The molecule has 0 atom stereocenters. The number of unbranched alkanes of at least 4 members (excludes halogenated alkanes) is 28. The second-order valence-electron chi connectivity index (χ2n) is 14.9. The minimum Gasteiger partial charge on any atom is -0.462 e. The van der Waals surface area contributed by atoms with E-state index in [1.165, 1.54) is 167 Å². The van der Waals surface area contributed by atoms with E-state index in [0.717, 1.165) is 31.1 Å². The van der Waals surface area contributed by atoms with Crippen molar-refractivity contribution in [1.82, 2.24) is 0 Å². The van der Waals surface area contributed by atoms with Crippen LogP contribution >= 0.6 is 0 Å². The molecule has 284 valence electrons. The van der Waals surface area contributed by atoms with Gasteiger partial charge in [-0.1, -0.05) is 218 Å². The van der Waals surface area contributed by atoms with Crippen LogP contribution in [0.4, 0.5) is 0 Å². The van der Waals surface area contributed by atoms with Crippen molar-refractivity contribution < 1.29 is 19.1 Å². The Labute approximate surface area is 308 Å². The molecular formula is C46H76O4. The maximum atomic E-state index is 13.1. The van der Waals surface area contributed by atoms with Gasteiger partial charge in [0.1, 0.15) is 0 Å². The van der Waals surface area contributed by atoms with E-state index in [1.807, 2.05) is 24.3 Å². The summed E-state index contributed by atoms with van der Waals surface area (Å²) in [6.07, 6.45) is 39.3. The number of hydrogen-bond acceptors (Lipinski definition) is 4. The zero-order valence-corrected chi connectivity index (χ0v) is 32.7. The fourth-order valence-corrected chi connectivity index (χ4v) is 7.11. The van der Waals surface area contributed by atoms with Crippen molar-refractivity contribution in [2.45, 2.75) is 206 Å². The summed E-state index contributed by atoms with van der Waals surface area (Å²) in [5, 5.41) is 1.49. The first-order valence-corrected chi connectivity index (χ1v) is 21.5. The van der Waals surface area contributed by atoms with Crippen molar-refractivity contribution in [3.8, 4) is 0 Å². The fourth-order valence-electron chi connectivity index (χ4n) is 7.11. The predicted molar refractivity (Wildman–Crippen MR) is 214 cm³/mol. The third kappa shape index (κ3) is 21.1. The molecule has 2 aromatic rings. The van der Waals surface area contributed by atoms with Crippen LogP contribution in [0.1, 0.15) is 227 Å². The molecule has 0 aromatic heterocycles. The Morgan fingerprint density at radius 1 is 0.380 bits per heavy atom. The summed E-state index contributed by atoms with van der Waals surface area (Å²) < 4.78 is 11.3. The van der Waals surface area contributed by atoms with E-state index in [1.54, 1.807) is 12.1 Å². The zero-order chi connectivity index (χ0) is 35.7. The van der Waals surface area contributed by atoms with Crippen molar-refractivity contribution >= 4 is 22.7 Å². The Morgan fingerprint density at radius 3 is 0.920 bits per heavy atom. The van der Waals surface area contributed by atoms with E-state index in [-0.39, 0.29) is 11.9 Å². The van der Waals surface area contributed by atoms with Gasteiger partial charge in [-0.3, -0.25) is 0 Å². The van der Waals surface area contributed by atoms with Crippen molar-refractivity contribution in [2.24, 2.45) is 0 Å². The van der Waals surface area contributed by atoms with Gasteiger partial charge in [-0.25, -0.2) is 9.59 Å². The van der Waals surface area contributed by atoms with E-state index in [9.17, 15) is 9.59 Å². The normalized spacial score (nSPS) is 11.3. The van der Waals surface area contributed by atoms with Crippen LogP contribution in [0, 0.1) is 0 Å². The molecule has 2 aromatic carbocycles. The van der Waals surface area contributed by atoms with Crippen LogP contribution in [0.25, 0.3) is 10.8 Å². The lowest BCUT2D eigenvalue weighted by atomic mass is 9.99. The monoisotopic (exact) mass is 693 g/mol. The first kappa shape index (κ1) is 43.8. The Balaban J connectivity index is 1.52. The summed E-state index contributed by atoms with van der Waals surface area (Å²) in [6, 6.07) is 11.1. The number of carbonyl (C=O) groups is 2. The summed E-state index contributed by atoms with van der Waals surface area (Å²) in [5.74, 6) is -0.718. The first-order chi connectivity index (χ1) is 24.7. The molecule has 0 heterocycles. The molecule has 50 heavy (non-hydrogen) atoms. The van der Waals surface area contributed by atoms with Gasteiger partial charge in [-0.15, -0.1) is 0 Å². The molecule has 0 aliphatic heterocycles. The Bertz CT molecular complexity index is 1100. The quantitative estimate of drug-likeness (QED) is 0.0541. The third-order valence-electron chi connectivity index (χ3n) is 10.3. The lowest BCUT2D eigenvalue weighted by Crippen LogP contribution is -2.11. The predicted octanol–water partition coefficient (Wildman–Crippen LogP) is 14.9. The molecule has 2 rings (SSSR count). The van der Waals surface area contributed by atoms with Gasteiger partial charge in [0.2, 0.25) is 0 Å². The standard InChI is InChI=1S/C46H76O4/c1-3-5-7-9-11-13-15-16-17-18-19-20-21-22-23-24-26-28-30-32-40-50-46(48)43-38-34-36-41-35-33-37-42(44(41)43)45(47)49-39-31-29-27-25-14-12-10-8-6-4-2/h33-38H,3-32,39-40H2,1-2H3. The smallest absolute Gasteiger partial charge is 0.338 e. The van der Waals surface area contributed by atoms with E-state index < -0.39 is 0 Å². The molecule has 0 aliphatic rings. The highest BCUT2D eigenvalue weighted by Crippen LogP contribution is 2.25. The molecule has 4 nitrogen and oxygen atoms in total. The van der Waals surface area contributed by atoms with Gasteiger partial charge >= 0.3 is 11.9 Å². The number of fused-ring (bicyclic) bond motifs is 1. The van der Waals surface area contributed by atoms with Crippen LogP contribution in [0.2, 0.25) is 0 Å². The topological polar surface area (TPSA) is 52.6 Å². The lowest BCUT2D eigenvalue weighted by molar-refractivity contribution is 0.0498. The van der Waals surface area contributed by atoms with Crippen LogP contribution in [0.15, 0.2) is 36.4 Å². The minimum absolute atomic E-state index is 0.358. The highest BCUT2D eigenvalue weighted by atomic mass is 16.5. The molecule has 0 amide bonds. The van der Waals surface area contributed by atoms with Crippen molar-refractivity contribution in [3.05, 3.63) is 47.5 Å². The molecule has 0 bridgehead atoms. The molecule has 0 fully saturated rings. The van der Waals surface area contributed by atoms with Crippen molar-refractivity contribution in [1.29, 1.82) is 0 Å². The van der Waals surface area contributed by atoms with Gasteiger partial charge in [-0.2, -0.15) is 0 Å². The average Bonchev–Trinajstić information content (AvgIpc) is 3.13. The SMILES string of the molecule is CCCCCCCCCCCCCCCCCCCCCCOC(=O)c1cccc2cccc(C(=O)OCCCCCCCCCCCC)c12. The zero-order valence-electron chi connectivity index (χ0n) is 32.7. The number of carbonyl (C=O) groups excluding carboxylic acids is 2. The highest BCUT2D eigenvalue weighted by Gasteiger charge is 2.19. The third-order valence-corrected chi connectivity index (χ3v) is 10.3. The van der Waals surface area contributed by atoms with Crippen LogP contribution in [-0.4, -0.2) is 25.2 Å². The maximum absolute atomic E-state index is 13.1. The number of benzene rings is 2. The van der Waals surface area contributed by atoms with Gasteiger partial charge in [0, 0.05) is 5.39 Å². The maximum Gasteiger partial charge on any atom is 0.338 e. The average molecular weight is 693 g/mol. The van der Waals surface area contributed by atoms with Crippen molar-refractivity contribution in [2.75, 3.05) is 13.2 Å². The summed E-state index contributed by atoms with van der Waals surface area (Å²) >= 11 is 0. The number of hydrogen-bond donors (Lipinski definition) is 0. The minimum atomic E-state index is -0.360. The molecular weight excluding hydrogens is 617 g/mol. The molecule has 0 spiro atoms. The Morgan fingerprint density at radius 2 is 0.640 bits per heavy atom. The van der Waals surface area contributed by atoms with Crippen LogP contribution in [0.3, 0.4) is 0 Å². The number of rotatable bonds is 34. The number of ether oxygens (including phenoxy) is 2. The van der Waals surface area contributed by atoms with Gasteiger partial charge in [0.25, 0.3) is 0 Å². The Hall–Kier alpha value is -2.36. The summed E-state index contributed by atoms with van der Waals surface area (Å²) in [7, 11) is 0. The molecule has 0 saturated carbocycles. The van der Waals surface area contributed by atoms with Gasteiger partial charge in [-0.05, 0) is 30.4 Å². The van der Waals surface area contributed by atoms with E-state index in [2.05, 4.69) is 13.8 Å². The second kappa shape index (κ2) is 31.4. The fraction of sp³-hybridized carbons (Fsp3) is 0.739. The summed E-state index contributed by atoms with van der Waals surface area (Å²) in [6.45, 7) is 5.37. The lowest BCUT2D eigenvalue weighted by Gasteiger charge is -2.12. The molecule has 0 aliphatic carbocycles. The van der Waals surface area contributed by atoms with Crippen LogP contribution in [-0.2, 0) is 9.47 Å². The molecule has 0 unspecified atom stereocenters.